The number of aryl methyl sites for hydroxylation is 3. The lowest BCUT2D eigenvalue weighted by molar-refractivity contribution is -0.385. The van der Waals surface area contributed by atoms with Crippen molar-refractivity contribution in [2.75, 3.05) is 0 Å². The zero-order valence-corrected chi connectivity index (χ0v) is 21.5. The van der Waals surface area contributed by atoms with E-state index in [1.807, 2.05) is 20.8 Å². The molecule has 0 fully saturated rings. The van der Waals surface area contributed by atoms with Gasteiger partial charge in [-0.15, -0.1) is 0 Å². The summed E-state index contributed by atoms with van der Waals surface area (Å²) in [6, 6.07) is 12.3. The number of carbonyl (C=O) groups is 3. The fourth-order valence-corrected chi connectivity index (χ4v) is 5.73. The molecule has 2 aliphatic rings. The number of nitro groups is 1. The van der Waals surface area contributed by atoms with Crippen LogP contribution in [0, 0.1) is 30.9 Å². The van der Waals surface area contributed by atoms with E-state index in [0.29, 0.717) is 11.1 Å². The molecule has 3 aromatic carbocycles. The van der Waals surface area contributed by atoms with E-state index in [2.05, 4.69) is 5.32 Å². The highest BCUT2D eigenvalue weighted by molar-refractivity contribution is 6.44. The van der Waals surface area contributed by atoms with Crippen LogP contribution < -0.4 is 10.1 Å². The number of fused-ring (bicyclic) bond motifs is 5. The summed E-state index contributed by atoms with van der Waals surface area (Å²) in [4.78, 5) is 52.2. The highest BCUT2D eigenvalue weighted by atomic mass is 16.6. The van der Waals surface area contributed by atoms with Gasteiger partial charge in [-0.3, -0.25) is 24.5 Å². The Hall–Kier alpha value is -4.37. The first kappa shape index (κ1) is 25.3. The summed E-state index contributed by atoms with van der Waals surface area (Å²) in [5, 5.41) is 26.3. The fourth-order valence-electron chi connectivity index (χ4n) is 5.73. The van der Waals surface area contributed by atoms with Gasteiger partial charge in [0, 0.05) is 22.8 Å². The Morgan fingerprint density at radius 1 is 1.03 bits per heavy atom. The fraction of sp³-hybridized carbons (Fsp3) is 0.276. The number of rotatable bonds is 5. The van der Waals surface area contributed by atoms with Crippen LogP contribution in [0.3, 0.4) is 0 Å². The lowest BCUT2D eigenvalue weighted by Crippen LogP contribution is -2.61. The molecule has 0 spiro atoms. The molecule has 5 rings (SSSR count). The number of nitrogens with zero attached hydrogens (tertiary/aromatic N) is 1. The molecule has 194 valence electrons. The summed E-state index contributed by atoms with van der Waals surface area (Å²) in [6.45, 7) is 9.19. The average molecular weight is 515 g/mol. The van der Waals surface area contributed by atoms with Crippen molar-refractivity contribution in [1.82, 2.24) is 5.32 Å². The number of ether oxygens (including phenoxy) is 1. The van der Waals surface area contributed by atoms with Gasteiger partial charge in [0.05, 0.1) is 4.92 Å². The van der Waals surface area contributed by atoms with E-state index in [-0.39, 0.29) is 33.9 Å². The number of aliphatic hydroxyl groups is 1. The lowest BCUT2D eigenvalue weighted by Gasteiger charge is -2.34. The summed E-state index contributed by atoms with van der Waals surface area (Å²) in [5.74, 6) is -5.27. The van der Waals surface area contributed by atoms with Crippen LogP contribution >= 0.6 is 0 Å². The molecule has 0 aromatic heterocycles. The molecular weight excluding hydrogens is 488 g/mol. The number of hydrogen-bond donors (Lipinski definition) is 2. The third-order valence-electron chi connectivity index (χ3n) is 7.43. The first-order valence-corrected chi connectivity index (χ1v) is 12.2. The van der Waals surface area contributed by atoms with Crippen molar-refractivity contribution in [1.29, 1.82) is 0 Å². The Balaban J connectivity index is 1.71. The SMILES string of the molecule is Cc1cc(C)c(C(=O)C(=O)NC23C(=O)c4c([N+](=O)[O-])cccc4C2(O)Oc2cc(C(C)C)ccc23)c(C)c1. The first-order chi connectivity index (χ1) is 17.8. The van der Waals surface area contributed by atoms with Crippen LogP contribution in [-0.2, 0) is 16.1 Å². The predicted molar refractivity (Wildman–Crippen MR) is 137 cm³/mol. The van der Waals surface area contributed by atoms with Crippen molar-refractivity contribution < 1.29 is 29.2 Å². The third-order valence-corrected chi connectivity index (χ3v) is 7.43. The smallest absolute Gasteiger partial charge is 0.293 e. The molecule has 2 atom stereocenters. The van der Waals surface area contributed by atoms with Crippen molar-refractivity contribution in [2.45, 2.75) is 51.9 Å². The molecule has 0 radical (unpaired) electrons. The minimum absolute atomic E-state index is 0.0858. The number of Topliss-reactive ketones (excluding diaryl/α,β-unsaturated/α-hetero) is 2. The van der Waals surface area contributed by atoms with Crippen molar-refractivity contribution >= 4 is 23.2 Å². The molecule has 0 saturated carbocycles. The zero-order valence-electron chi connectivity index (χ0n) is 21.5. The van der Waals surface area contributed by atoms with Crippen LogP contribution in [0.25, 0.3) is 0 Å². The monoisotopic (exact) mass is 514 g/mol. The molecule has 9 heteroatoms. The summed E-state index contributed by atoms with van der Waals surface area (Å²) >= 11 is 0. The maximum absolute atomic E-state index is 14.1. The number of carbonyl (C=O) groups excluding carboxylic acids is 3. The summed E-state index contributed by atoms with van der Waals surface area (Å²) in [6.07, 6.45) is 0. The molecule has 38 heavy (non-hydrogen) atoms. The number of hydrogen-bond acceptors (Lipinski definition) is 7. The Bertz CT molecular complexity index is 1570. The molecule has 1 aliphatic heterocycles. The Morgan fingerprint density at radius 3 is 2.29 bits per heavy atom. The molecule has 9 nitrogen and oxygen atoms in total. The van der Waals surface area contributed by atoms with Gasteiger partial charge in [-0.1, -0.05) is 55.8 Å². The number of nitro benzene ring substituents is 1. The van der Waals surface area contributed by atoms with Gasteiger partial charge >= 0.3 is 0 Å². The van der Waals surface area contributed by atoms with Gasteiger partial charge in [0.2, 0.25) is 11.3 Å². The first-order valence-electron chi connectivity index (χ1n) is 12.2. The Kier molecular flexibility index (Phi) is 5.54. The quantitative estimate of drug-likeness (QED) is 0.225. The van der Waals surface area contributed by atoms with E-state index >= 15 is 0 Å². The standard InChI is InChI=1S/C29H26N2O7/c1-14(2)18-9-10-19-22(13-18)38-29(35)20-7-6-8-21(31(36)37)24(20)26(33)28(19,29)30-27(34)25(32)23-16(4)11-15(3)12-17(23)5/h6-14,35H,1-5H3,(H,30,34). The van der Waals surface area contributed by atoms with E-state index in [1.165, 1.54) is 12.1 Å². The van der Waals surface area contributed by atoms with Crippen molar-refractivity contribution in [3.05, 3.63) is 103 Å². The van der Waals surface area contributed by atoms with Gasteiger partial charge in [0.15, 0.2) is 0 Å². The van der Waals surface area contributed by atoms with Crippen LogP contribution in [0.5, 0.6) is 5.75 Å². The summed E-state index contributed by atoms with van der Waals surface area (Å²) in [5.41, 5.74) is -0.178. The number of amides is 1. The highest BCUT2D eigenvalue weighted by Gasteiger charge is 2.73. The van der Waals surface area contributed by atoms with E-state index in [4.69, 9.17) is 4.74 Å². The van der Waals surface area contributed by atoms with E-state index in [9.17, 15) is 29.6 Å². The van der Waals surface area contributed by atoms with Crippen LogP contribution in [-0.4, -0.2) is 27.5 Å². The highest BCUT2D eigenvalue weighted by Crippen LogP contribution is 2.59. The molecule has 2 N–H and O–H groups in total. The molecule has 1 aliphatic carbocycles. The average Bonchev–Trinajstić information content (AvgIpc) is 3.20. The van der Waals surface area contributed by atoms with Gasteiger partial charge in [-0.25, -0.2) is 0 Å². The third kappa shape index (κ3) is 3.24. The molecule has 0 bridgehead atoms. The normalized spacial score (nSPS) is 21.0. The number of nitrogens with one attached hydrogen (secondary N) is 1. The van der Waals surface area contributed by atoms with Crippen LogP contribution in [0.4, 0.5) is 5.69 Å². The lowest BCUT2D eigenvalue weighted by atomic mass is 9.81. The van der Waals surface area contributed by atoms with E-state index < -0.39 is 39.4 Å². The van der Waals surface area contributed by atoms with Crippen LogP contribution in [0.2, 0.25) is 0 Å². The second kappa shape index (κ2) is 8.32. The second-order valence-corrected chi connectivity index (χ2v) is 10.2. The van der Waals surface area contributed by atoms with Gasteiger partial charge < -0.3 is 15.2 Å². The van der Waals surface area contributed by atoms with Gasteiger partial charge in [-0.2, -0.15) is 0 Å². The number of ketones is 2. The summed E-state index contributed by atoms with van der Waals surface area (Å²) in [7, 11) is 0. The molecule has 1 heterocycles. The maximum atomic E-state index is 14.1. The van der Waals surface area contributed by atoms with E-state index in [1.54, 1.807) is 44.2 Å². The molecule has 3 aromatic rings. The second-order valence-electron chi connectivity index (χ2n) is 10.2. The van der Waals surface area contributed by atoms with Gasteiger partial charge in [-0.05, 0) is 49.4 Å². The van der Waals surface area contributed by atoms with Gasteiger partial charge in [0.1, 0.15) is 11.3 Å². The van der Waals surface area contributed by atoms with Crippen LogP contribution in [0.1, 0.15) is 73.9 Å². The topological polar surface area (TPSA) is 136 Å². The van der Waals surface area contributed by atoms with Crippen LogP contribution in [0.15, 0.2) is 48.5 Å². The minimum Gasteiger partial charge on any atom is -0.454 e. The van der Waals surface area contributed by atoms with Crippen molar-refractivity contribution in [3.63, 3.8) is 0 Å². The minimum atomic E-state index is -2.52. The van der Waals surface area contributed by atoms with Crippen molar-refractivity contribution in [2.24, 2.45) is 0 Å². The van der Waals surface area contributed by atoms with E-state index in [0.717, 1.165) is 17.2 Å². The summed E-state index contributed by atoms with van der Waals surface area (Å²) < 4.78 is 5.98. The number of benzene rings is 3. The molecular formula is C29H26N2O7. The van der Waals surface area contributed by atoms with Crippen molar-refractivity contribution in [3.8, 4) is 5.75 Å². The Labute approximate surface area is 218 Å². The predicted octanol–water partition coefficient (Wildman–Crippen LogP) is 4.27. The molecule has 1 amide bonds. The zero-order chi connectivity index (χ0) is 27.7. The largest absolute Gasteiger partial charge is 0.454 e. The maximum Gasteiger partial charge on any atom is 0.293 e. The van der Waals surface area contributed by atoms with Gasteiger partial charge in [0.25, 0.3) is 23.2 Å². The molecule has 2 unspecified atom stereocenters. The molecule has 0 saturated heterocycles. The Morgan fingerprint density at radius 2 is 1.68 bits per heavy atom.